The normalized spacial score (nSPS) is 12.6. The fraction of sp³-hybridized carbons (Fsp3) is 0.636. The lowest BCUT2D eigenvalue weighted by Crippen LogP contribution is -2.15. The van der Waals surface area contributed by atoms with E-state index in [0.717, 1.165) is 35.7 Å². The van der Waals surface area contributed by atoms with E-state index in [-0.39, 0.29) is 0 Å². The van der Waals surface area contributed by atoms with Crippen LogP contribution in [-0.4, -0.2) is 9.97 Å². The van der Waals surface area contributed by atoms with Gasteiger partial charge in [-0.3, -0.25) is 0 Å². The Morgan fingerprint density at radius 1 is 1.33 bits per heavy atom. The molecule has 0 aromatic carbocycles. The molecule has 1 aromatic rings. The van der Waals surface area contributed by atoms with E-state index in [1.807, 2.05) is 6.92 Å². The summed E-state index contributed by atoms with van der Waals surface area (Å²) in [6.45, 7) is 8.35. The summed E-state index contributed by atoms with van der Waals surface area (Å²) >= 11 is 0. The number of nitrogens with two attached hydrogens (primary N) is 1. The van der Waals surface area contributed by atoms with Gasteiger partial charge >= 0.3 is 0 Å². The second-order valence-electron chi connectivity index (χ2n) is 3.81. The standard InChI is InChI=1S/C11H20N4/c1-5-7(3)10-13-9(6-2)8(4)11(14-10)15-12/h7H,5-6,12H2,1-4H3,(H,13,14,15). The van der Waals surface area contributed by atoms with E-state index in [1.54, 1.807) is 0 Å². The van der Waals surface area contributed by atoms with Crippen LogP contribution in [0.25, 0.3) is 0 Å². The molecule has 0 aliphatic heterocycles. The first-order chi connectivity index (χ1) is 7.13. The quantitative estimate of drug-likeness (QED) is 0.588. The molecule has 3 N–H and O–H groups in total. The van der Waals surface area contributed by atoms with Gasteiger partial charge in [0.2, 0.25) is 0 Å². The number of nitrogen functional groups attached to an aromatic ring is 1. The molecular formula is C11H20N4. The maximum Gasteiger partial charge on any atom is 0.146 e. The zero-order valence-electron chi connectivity index (χ0n) is 9.96. The lowest BCUT2D eigenvalue weighted by Gasteiger charge is -2.13. The molecule has 0 saturated heterocycles. The molecule has 4 nitrogen and oxygen atoms in total. The van der Waals surface area contributed by atoms with Crippen LogP contribution in [0.1, 0.15) is 50.2 Å². The number of aromatic nitrogens is 2. The summed E-state index contributed by atoms with van der Waals surface area (Å²) in [5, 5.41) is 0. The molecule has 0 saturated carbocycles. The first-order valence-corrected chi connectivity index (χ1v) is 5.48. The van der Waals surface area contributed by atoms with Crippen molar-refractivity contribution in [3.63, 3.8) is 0 Å². The number of nitrogens with one attached hydrogen (secondary N) is 1. The summed E-state index contributed by atoms with van der Waals surface area (Å²) in [4.78, 5) is 8.99. The van der Waals surface area contributed by atoms with Gasteiger partial charge in [0.05, 0.1) is 0 Å². The van der Waals surface area contributed by atoms with Crippen LogP contribution in [0.15, 0.2) is 0 Å². The fourth-order valence-electron chi connectivity index (χ4n) is 1.47. The Bertz CT molecular complexity index is 310. The lowest BCUT2D eigenvalue weighted by atomic mass is 10.1. The van der Waals surface area contributed by atoms with Gasteiger partial charge < -0.3 is 5.43 Å². The maximum absolute atomic E-state index is 5.44. The summed E-state index contributed by atoms with van der Waals surface area (Å²) in [5.41, 5.74) is 4.76. The highest BCUT2D eigenvalue weighted by Gasteiger charge is 2.12. The highest BCUT2D eigenvalue weighted by Crippen LogP contribution is 2.20. The number of anilines is 1. The Morgan fingerprint density at radius 3 is 2.47 bits per heavy atom. The monoisotopic (exact) mass is 208 g/mol. The molecule has 15 heavy (non-hydrogen) atoms. The van der Waals surface area contributed by atoms with Crippen molar-refractivity contribution in [2.45, 2.75) is 46.5 Å². The van der Waals surface area contributed by atoms with Crippen molar-refractivity contribution in [1.29, 1.82) is 0 Å². The molecule has 1 heterocycles. The molecule has 1 aromatic heterocycles. The second-order valence-corrected chi connectivity index (χ2v) is 3.81. The topological polar surface area (TPSA) is 63.8 Å². The third-order valence-corrected chi connectivity index (χ3v) is 2.79. The van der Waals surface area contributed by atoms with Crippen LogP contribution < -0.4 is 11.3 Å². The van der Waals surface area contributed by atoms with Gasteiger partial charge in [0.15, 0.2) is 0 Å². The Morgan fingerprint density at radius 2 is 2.00 bits per heavy atom. The average Bonchev–Trinajstić information content (AvgIpc) is 2.28. The molecule has 0 radical (unpaired) electrons. The van der Waals surface area contributed by atoms with Gasteiger partial charge in [-0.25, -0.2) is 15.8 Å². The molecule has 0 aliphatic rings. The summed E-state index contributed by atoms with van der Waals surface area (Å²) in [5.74, 6) is 7.45. The minimum absolute atomic E-state index is 0.378. The van der Waals surface area contributed by atoms with Gasteiger partial charge in [-0.05, 0) is 19.8 Å². The highest BCUT2D eigenvalue weighted by atomic mass is 15.3. The molecule has 1 atom stereocenters. The fourth-order valence-corrected chi connectivity index (χ4v) is 1.47. The van der Waals surface area contributed by atoms with Gasteiger partial charge in [0, 0.05) is 17.2 Å². The largest absolute Gasteiger partial charge is 0.308 e. The van der Waals surface area contributed by atoms with Gasteiger partial charge in [-0.2, -0.15) is 0 Å². The third kappa shape index (κ3) is 2.45. The van der Waals surface area contributed by atoms with Gasteiger partial charge in [-0.1, -0.05) is 20.8 Å². The molecule has 1 rings (SSSR count). The van der Waals surface area contributed by atoms with Crippen molar-refractivity contribution >= 4 is 5.82 Å². The number of hydrogen-bond donors (Lipinski definition) is 2. The Balaban J connectivity index is 3.20. The van der Waals surface area contributed by atoms with E-state index in [0.29, 0.717) is 5.92 Å². The summed E-state index contributed by atoms with van der Waals surface area (Å²) < 4.78 is 0. The Kier molecular flexibility index (Phi) is 4.03. The molecule has 1 unspecified atom stereocenters. The first kappa shape index (κ1) is 11.9. The smallest absolute Gasteiger partial charge is 0.146 e. The molecule has 0 fully saturated rings. The highest BCUT2D eigenvalue weighted by molar-refractivity contribution is 5.44. The number of aryl methyl sites for hydroxylation is 1. The molecule has 0 amide bonds. The molecule has 0 bridgehead atoms. The zero-order valence-corrected chi connectivity index (χ0v) is 9.96. The van der Waals surface area contributed by atoms with Gasteiger partial charge in [0.1, 0.15) is 11.6 Å². The van der Waals surface area contributed by atoms with Crippen molar-refractivity contribution < 1.29 is 0 Å². The summed E-state index contributed by atoms with van der Waals surface area (Å²) in [6.07, 6.45) is 1.95. The third-order valence-electron chi connectivity index (χ3n) is 2.79. The Hall–Kier alpha value is -1.16. The lowest BCUT2D eigenvalue weighted by molar-refractivity contribution is 0.670. The second kappa shape index (κ2) is 5.07. The SMILES string of the molecule is CCc1nc(C(C)CC)nc(NN)c1C. The van der Waals surface area contributed by atoms with Crippen molar-refractivity contribution in [3.8, 4) is 0 Å². The van der Waals surface area contributed by atoms with Gasteiger partial charge in [-0.15, -0.1) is 0 Å². The summed E-state index contributed by atoms with van der Waals surface area (Å²) in [6, 6.07) is 0. The van der Waals surface area contributed by atoms with Crippen molar-refractivity contribution in [2.75, 3.05) is 5.43 Å². The van der Waals surface area contributed by atoms with Crippen molar-refractivity contribution in [3.05, 3.63) is 17.1 Å². The van der Waals surface area contributed by atoms with E-state index in [4.69, 9.17) is 5.84 Å². The van der Waals surface area contributed by atoms with Crippen molar-refractivity contribution in [1.82, 2.24) is 9.97 Å². The first-order valence-electron chi connectivity index (χ1n) is 5.48. The van der Waals surface area contributed by atoms with Crippen LogP contribution in [0.4, 0.5) is 5.82 Å². The van der Waals surface area contributed by atoms with Crippen LogP contribution in [0.5, 0.6) is 0 Å². The number of hydrogen-bond acceptors (Lipinski definition) is 4. The number of rotatable bonds is 4. The van der Waals surface area contributed by atoms with E-state index in [1.165, 1.54) is 0 Å². The number of hydrazine groups is 1. The van der Waals surface area contributed by atoms with Crippen LogP contribution in [0.3, 0.4) is 0 Å². The van der Waals surface area contributed by atoms with Crippen molar-refractivity contribution in [2.24, 2.45) is 5.84 Å². The van der Waals surface area contributed by atoms with Crippen LogP contribution in [0.2, 0.25) is 0 Å². The number of nitrogens with zero attached hydrogens (tertiary/aromatic N) is 2. The minimum atomic E-state index is 0.378. The molecular weight excluding hydrogens is 188 g/mol. The van der Waals surface area contributed by atoms with E-state index >= 15 is 0 Å². The van der Waals surface area contributed by atoms with E-state index in [2.05, 4.69) is 36.2 Å². The summed E-state index contributed by atoms with van der Waals surface area (Å²) in [7, 11) is 0. The Labute approximate surface area is 91.3 Å². The molecule has 84 valence electrons. The van der Waals surface area contributed by atoms with Crippen LogP contribution in [-0.2, 0) is 6.42 Å². The predicted molar refractivity (Wildman–Crippen MR) is 62.7 cm³/mol. The van der Waals surface area contributed by atoms with E-state index in [9.17, 15) is 0 Å². The molecule has 0 aliphatic carbocycles. The maximum atomic E-state index is 5.44. The molecule has 4 heteroatoms. The van der Waals surface area contributed by atoms with Crippen LogP contribution in [0, 0.1) is 6.92 Å². The van der Waals surface area contributed by atoms with E-state index < -0.39 is 0 Å². The molecule has 0 spiro atoms. The predicted octanol–water partition coefficient (Wildman–Crippen LogP) is 2.15. The zero-order chi connectivity index (χ0) is 11.4. The minimum Gasteiger partial charge on any atom is -0.308 e. The van der Waals surface area contributed by atoms with Crippen LogP contribution >= 0.6 is 0 Å². The van der Waals surface area contributed by atoms with Gasteiger partial charge in [0.25, 0.3) is 0 Å². The average molecular weight is 208 g/mol.